The minimum Gasteiger partial charge on any atom is -0.330 e. The number of hydrogen-bond acceptors (Lipinski definition) is 2. The number of likely N-dealkylation sites (tertiary alicyclic amines) is 1. The summed E-state index contributed by atoms with van der Waals surface area (Å²) < 4.78 is 38.7. The SMILES string of the molecule is C=CCN1[C@@H]([C@H](C)N(CC(F)(F)F)C(C)=O)CC[C@H]1c1cccc(Cl)c1. The molecular formula is C19H24ClF3N2O. The van der Waals surface area contributed by atoms with Crippen LogP contribution in [0.5, 0.6) is 0 Å². The molecule has 0 aromatic heterocycles. The van der Waals surface area contributed by atoms with Crippen molar-refractivity contribution in [3.63, 3.8) is 0 Å². The van der Waals surface area contributed by atoms with E-state index >= 15 is 0 Å². The number of nitrogens with zero attached hydrogens (tertiary/aromatic N) is 2. The maximum absolute atomic E-state index is 12.9. The van der Waals surface area contributed by atoms with Gasteiger partial charge in [0.15, 0.2) is 0 Å². The van der Waals surface area contributed by atoms with Crippen molar-refractivity contribution in [1.82, 2.24) is 9.80 Å². The Labute approximate surface area is 157 Å². The summed E-state index contributed by atoms with van der Waals surface area (Å²) in [4.78, 5) is 14.9. The normalized spacial score (nSPS) is 22.2. The molecule has 1 aromatic carbocycles. The van der Waals surface area contributed by atoms with Crippen LogP contribution in [-0.4, -0.2) is 47.1 Å². The Balaban J connectivity index is 2.26. The minimum absolute atomic E-state index is 0.0406. The monoisotopic (exact) mass is 388 g/mol. The summed E-state index contributed by atoms with van der Waals surface area (Å²) in [6, 6.07) is 6.82. The Morgan fingerprint density at radius 3 is 2.69 bits per heavy atom. The Kier molecular flexibility index (Phi) is 6.74. The van der Waals surface area contributed by atoms with Crippen molar-refractivity contribution in [1.29, 1.82) is 0 Å². The van der Waals surface area contributed by atoms with Crippen LogP contribution in [0.1, 0.15) is 38.3 Å². The molecule has 3 nitrogen and oxygen atoms in total. The Morgan fingerprint density at radius 2 is 2.15 bits per heavy atom. The van der Waals surface area contributed by atoms with E-state index < -0.39 is 24.7 Å². The van der Waals surface area contributed by atoms with Gasteiger partial charge in [-0.25, -0.2) is 0 Å². The molecule has 1 aromatic rings. The zero-order valence-electron chi connectivity index (χ0n) is 15.0. The summed E-state index contributed by atoms with van der Waals surface area (Å²) in [7, 11) is 0. The van der Waals surface area contributed by atoms with Crippen molar-refractivity contribution < 1.29 is 18.0 Å². The van der Waals surface area contributed by atoms with Crippen LogP contribution < -0.4 is 0 Å². The van der Waals surface area contributed by atoms with Crippen LogP contribution in [-0.2, 0) is 4.79 Å². The second-order valence-electron chi connectivity index (χ2n) is 6.70. The lowest BCUT2D eigenvalue weighted by Gasteiger charge is -2.38. The van der Waals surface area contributed by atoms with Gasteiger partial charge in [-0.3, -0.25) is 9.69 Å². The predicted octanol–water partition coefficient (Wildman–Crippen LogP) is 4.83. The van der Waals surface area contributed by atoms with Crippen LogP contribution in [0.4, 0.5) is 13.2 Å². The number of alkyl halides is 3. The third kappa shape index (κ3) is 5.01. The highest BCUT2D eigenvalue weighted by molar-refractivity contribution is 6.30. The quantitative estimate of drug-likeness (QED) is 0.651. The van der Waals surface area contributed by atoms with E-state index in [9.17, 15) is 18.0 Å². The van der Waals surface area contributed by atoms with Gasteiger partial charge in [0.2, 0.25) is 5.91 Å². The van der Waals surface area contributed by atoms with E-state index in [-0.39, 0.29) is 12.1 Å². The second kappa shape index (κ2) is 8.44. The molecule has 3 atom stereocenters. The first-order valence-electron chi connectivity index (χ1n) is 8.60. The predicted molar refractivity (Wildman–Crippen MR) is 97.0 cm³/mol. The van der Waals surface area contributed by atoms with E-state index in [2.05, 4.69) is 11.5 Å². The third-order valence-electron chi connectivity index (χ3n) is 4.94. The van der Waals surface area contributed by atoms with Crippen LogP contribution in [0, 0.1) is 0 Å². The topological polar surface area (TPSA) is 23.6 Å². The maximum atomic E-state index is 12.9. The largest absolute Gasteiger partial charge is 0.406 e. The number of amides is 1. The van der Waals surface area contributed by atoms with Gasteiger partial charge in [-0.2, -0.15) is 13.2 Å². The lowest BCUT2D eigenvalue weighted by atomic mass is 10.0. The summed E-state index contributed by atoms with van der Waals surface area (Å²) >= 11 is 6.10. The molecule has 0 saturated carbocycles. The molecule has 26 heavy (non-hydrogen) atoms. The third-order valence-corrected chi connectivity index (χ3v) is 5.17. The van der Waals surface area contributed by atoms with Crippen molar-refractivity contribution in [2.45, 2.75) is 51.0 Å². The second-order valence-corrected chi connectivity index (χ2v) is 7.14. The number of carbonyl (C=O) groups is 1. The van der Waals surface area contributed by atoms with Gasteiger partial charge in [-0.15, -0.1) is 6.58 Å². The van der Waals surface area contributed by atoms with Crippen LogP contribution in [0.25, 0.3) is 0 Å². The van der Waals surface area contributed by atoms with E-state index in [0.717, 1.165) is 16.9 Å². The average molecular weight is 389 g/mol. The smallest absolute Gasteiger partial charge is 0.330 e. The highest BCUT2D eigenvalue weighted by Gasteiger charge is 2.42. The van der Waals surface area contributed by atoms with Crippen molar-refractivity contribution in [2.24, 2.45) is 0 Å². The number of carbonyl (C=O) groups excluding carboxylic acids is 1. The lowest BCUT2D eigenvalue weighted by Crippen LogP contribution is -2.52. The van der Waals surface area contributed by atoms with Crippen molar-refractivity contribution >= 4 is 17.5 Å². The molecule has 1 fully saturated rings. The Morgan fingerprint density at radius 1 is 1.46 bits per heavy atom. The summed E-state index contributed by atoms with van der Waals surface area (Å²) in [5, 5.41) is 0.625. The molecule has 1 heterocycles. The molecule has 144 valence electrons. The van der Waals surface area contributed by atoms with Crippen LogP contribution >= 0.6 is 11.6 Å². The standard InChI is InChI=1S/C19H24ClF3N2O/c1-4-10-24-17(13(2)25(14(3)26)12-19(21,22)23)8-9-18(24)15-6-5-7-16(20)11-15/h4-7,11,13,17-18H,1,8-10,12H2,2-3H3/t13-,17+,18-/m0/s1. The van der Waals surface area contributed by atoms with E-state index in [0.29, 0.717) is 18.0 Å². The van der Waals surface area contributed by atoms with E-state index in [1.54, 1.807) is 19.1 Å². The molecule has 1 amide bonds. The molecule has 0 bridgehead atoms. The molecule has 1 saturated heterocycles. The molecular weight excluding hydrogens is 365 g/mol. The fraction of sp³-hybridized carbons (Fsp3) is 0.526. The summed E-state index contributed by atoms with van der Waals surface area (Å²) in [6.45, 7) is 5.95. The van der Waals surface area contributed by atoms with Gasteiger partial charge >= 0.3 is 6.18 Å². The highest BCUT2D eigenvalue weighted by Crippen LogP contribution is 2.39. The van der Waals surface area contributed by atoms with Gasteiger partial charge in [0.05, 0.1) is 0 Å². The molecule has 7 heteroatoms. The summed E-state index contributed by atoms with van der Waals surface area (Å²) in [5.41, 5.74) is 1.03. The van der Waals surface area contributed by atoms with Crippen LogP contribution in [0.15, 0.2) is 36.9 Å². The first kappa shape index (κ1) is 20.8. The molecule has 1 aliphatic rings. The van der Waals surface area contributed by atoms with Gasteiger partial charge in [-0.1, -0.05) is 29.8 Å². The fourth-order valence-corrected chi connectivity index (χ4v) is 4.04. The number of benzene rings is 1. The molecule has 1 aliphatic heterocycles. The number of halogens is 4. The first-order chi connectivity index (χ1) is 12.1. The highest BCUT2D eigenvalue weighted by atomic mass is 35.5. The molecule has 0 unspecified atom stereocenters. The maximum Gasteiger partial charge on any atom is 0.406 e. The van der Waals surface area contributed by atoms with Gasteiger partial charge in [0, 0.05) is 36.6 Å². The minimum atomic E-state index is -4.42. The molecule has 2 rings (SSSR count). The zero-order valence-corrected chi connectivity index (χ0v) is 15.7. The summed E-state index contributed by atoms with van der Waals surface area (Å²) in [6.07, 6.45) is -1.19. The Hall–Kier alpha value is -1.53. The molecule has 0 radical (unpaired) electrons. The van der Waals surface area contributed by atoms with Crippen molar-refractivity contribution in [3.05, 3.63) is 47.5 Å². The first-order valence-corrected chi connectivity index (χ1v) is 8.98. The van der Waals surface area contributed by atoms with Gasteiger partial charge in [-0.05, 0) is 37.5 Å². The van der Waals surface area contributed by atoms with Gasteiger partial charge < -0.3 is 4.90 Å². The van der Waals surface area contributed by atoms with Gasteiger partial charge in [0.25, 0.3) is 0 Å². The molecule has 0 spiro atoms. The fourth-order valence-electron chi connectivity index (χ4n) is 3.84. The van der Waals surface area contributed by atoms with Gasteiger partial charge in [0.1, 0.15) is 6.54 Å². The molecule has 0 N–H and O–H groups in total. The van der Waals surface area contributed by atoms with E-state index in [1.807, 2.05) is 18.2 Å². The van der Waals surface area contributed by atoms with E-state index in [4.69, 9.17) is 11.6 Å². The number of rotatable bonds is 6. The van der Waals surface area contributed by atoms with Crippen LogP contribution in [0.2, 0.25) is 5.02 Å². The Bertz CT molecular complexity index is 650. The van der Waals surface area contributed by atoms with E-state index in [1.165, 1.54) is 6.92 Å². The average Bonchev–Trinajstić information content (AvgIpc) is 2.95. The zero-order chi connectivity index (χ0) is 19.5. The molecule has 0 aliphatic carbocycles. The van der Waals surface area contributed by atoms with Crippen molar-refractivity contribution in [3.8, 4) is 0 Å². The lowest BCUT2D eigenvalue weighted by molar-refractivity contribution is -0.166. The summed E-state index contributed by atoms with van der Waals surface area (Å²) in [5.74, 6) is -0.570. The van der Waals surface area contributed by atoms with Crippen LogP contribution in [0.3, 0.4) is 0 Å². The number of hydrogen-bond donors (Lipinski definition) is 0. The van der Waals surface area contributed by atoms with Crippen molar-refractivity contribution in [2.75, 3.05) is 13.1 Å².